The monoisotopic (exact) mass is 244 g/mol. The van der Waals surface area contributed by atoms with Gasteiger partial charge in [0, 0.05) is 39.3 Å². The van der Waals surface area contributed by atoms with Crippen molar-refractivity contribution in [3.05, 3.63) is 0 Å². The molecule has 78 valence electrons. The van der Waals surface area contributed by atoms with Gasteiger partial charge in [-0.15, -0.1) is 0 Å². The van der Waals surface area contributed by atoms with Gasteiger partial charge in [-0.2, -0.15) is 0 Å². The van der Waals surface area contributed by atoms with Gasteiger partial charge < -0.3 is 41.6 Å². The molecule has 7 heteroatoms. The van der Waals surface area contributed by atoms with Gasteiger partial charge in [0.2, 0.25) is 0 Å². The second kappa shape index (κ2) is 12.1. The number of nitrogens with zero attached hydrogens (tertiary/aromatic N) is 1. The van der Waals surface area contributed by atoms with E-state index in [2.05, 4.69) is 10.2 Å². The van der Waals surface area contributed by atoms with Crippen molar-refractivity contribution in [3.63, 3.8) is 0 Å². The first-order valence-corrected chi connectivity index (χ1v) is 5.09. The number of hydrogen-bond donors (Lipinski definition) is 3. The molecular formula is C7H17N4NaS2. The molecule has 0 spiro atoms. The third-order valence-electron chi connectivity index (χ3n) is 1.59. The summed E-state index contributed by atoms with van der Waals surface area (Å²) in [5.74, 6) is 0. The number of thiocarbonyl (C=S) groups is 1. The third-order valence-corrected chi connectivity index (χ3v) is 1.88. The summed E-state index contributed by atoms with van der Waals surface area (Å²) in [6.07, 6.45) is 0. The van der Waals surface area contributed by atoms with Gasteiger partial charge >= 0.3 is 29.6 Å². The maximum Gasteiger partial charge on any atom is 1.00 e. The van der Waals surface area contributed by atoms with Gasteiger partial charge in [-0.1, -0.05) is 4.32 Å². The van der Waals surface area contributed by atoms with E-state index in [1.54, 1.807) is 0 Å². The van der Waals surface area contributed by atoms with Crippen molar-refractivity contribution in [1.29, 1.82) is 0 Å². The van der Waals surface area contributed by atoms with E-state index in [-0.39, 0.29) is 29.6 Å². The fraction of sp³-hybridized carbons (Fsp3) is 0.857. The van der Waals surface area contributed by atoms with Crippen LogP contribution in [0, 0.1) is 0 Å². The first-order valence-electron chi connectivity index (χ1n) is 4.28. The van der Waals surface area contributed by atoms with Gasteiger partial charge in [-0.25, -0.2) is 0 Å². The van der Waals surface area contributed by atoms with E-state index in [1.807, 2.05) is 0 Å². The molecule has 14 heavy (non-hydrogen) atoms. The summed E-state index contributed by atoms with van der Waals surface area (Å²) in [6, 6.07) is 0. The summed E-state index contributed by atoms with van der Waals surface area (Å²) < 4.78 is 0.417. The van der Waals surface area contributed by atoms with Crippen LogP contribution in [0.5, 0.6) is 0 Å². The van der Waals surface area contributed by atoms with Gasteiger partial charge in [0.25, 0.3) is 0 Å². The Morgan fingerprint density at radius 1 is 1.21 bits per heavy atom. The van der Waals surface area contributed by atoms with Gasteiger partial charge in [0.05, 0.1) is 0 Å². The topological polar surface area (TPSA) is 67.3 Å². The van der Waals surface area contributed by atoms with E-state index < -0.39 is 0 Å². The zero-order valence-corrected chi connectivity index (χ0v) is 12.3. The van der Waals surface area contributed by atoms with Crippen molar-refractivity contribution in [2.45, 2.75) is 0 Å². The van der Waals surface area contributed by atoms with E-state index >= 15 is 0 Å². The molecule has 0 saturated carbocycles. The van der Waals surface area contributed by atoms with E-state index in [0.717, 1.165) is 26.2 Å². The Hall–Kier alpha value is 0.990. The average molecular weight is 244 g/mol. The van der Waals surface area contributed by atoms with Crippen LogP contribution in [0.25, 0.3) is 0 Å². The third kappa shape index (κ3) is 11.1. The first-order chi connectivity index (χ1) is 6.20. The van der Waals surface area contributed by atoms with Crippen LogP contribution in [-0.4, -0.2) is 48.5 Å². The van der Waals surface area contributed by atoms with Crippen molar-refractivity contribution in [3.8, 4) is 0 Å². The molecule has 0 heterocycles. The maximum atomic E-state index is 5.44. The molecule has 0 fully saturated rings. The molecule has 0 aliphatic heterocycles. The molecular weight excluding hydrogens is 227 g/mol. The van der Waals surface area contributed by atoms with E-state index in [0.29, 0.717) is 17.4 Å². The average Bonchev–Trinajstić information content (AvgIpc) is 2.04. The van der Waals surface area contributed by atoms with Crippen LogP contribution in [0.2, 0.25) is 0 Å². The number of rotatable bonds is 7. The molecule has 0 unspecified atom stereocenters. The molecule has 0 bridgehead atoms. The summed E-state index contributed by atoms with van der Waals surface area (Å²) in [4.78, 5) is 2.18. The van der Waals surface area contributed by atoms with E-state index in [9.17, 15) is 0 Å². The normalized spacial score (nSPS) is 9.64. The zero-order valence-electron chi connectivity index (χ0n) is 8.66. The Kier molecular flexibility index (Phi) is 15.0. The smallest absolute Gasteiger partial charge is 0.412 e. The molecule has 5 N–H and O–H groups in total. The standard InChI is InChI=1S/C7H18N4S2.Na/c8-1-4-11(5-2-9)6-3-10-7(12)13;/h1-6,8-9H2,(H2,10,12,13);/q;+1/p-1. The number of nitrogens with one attached hydrogen (secondary N) is 1. The summed E-state index contributed by atoms with van der Waals surface area (Å²) in [5.41, 5.74) is 10.9. The molecule has 0 aromatic carbocycles. The molecule has 0 rings (SSSR count). The summed E-state index contributed by atoms with van der Waals surface area (Å²) in [6.45, 7) is 4.68. The SMILES string of the molecule is NCCN(CCN)CCNC(=S)[S-].[Na+]. The fourth-order valence-corrected chi connectivity index (χ4v) is 1.22. The maximum absolute atomic E-state index is 5.44. The minimum atomic E-state index is 0. The Morgan fingerprint density at radius 2 is 1.71 bits per heavy atom. The van der Waals surface area contributed by atoms with Crippen molar-refractivity contribution < 1.29 is 29.6 Å². The molecule has 0 aromatic heterocycles. The Bertz CT molecular complexity index is 142. The van der Waals surface area contributed by atoms with Crippen molar-refractivity contribution in [1.82, 2.24) is 10.2 Å². The van der Waals surface area contributed by atoms with Crippen LogP contribution in [0.3, 0.4) is 0 Å². The minimum absolute atomic E-state index is 0. The predicted octanol–water partition coefficient (Wildman–Crippen LogP) is -4.37. The van der Waals surface area contributed by atoms with Gasteiger partial charge in [-0.3, -0.25) is 4.90 Å². The summed E-state index contributed by atoms with van der Waals surface area (Å²) in [7, 11) is 0. The van der Waals surface area contributed by atoms with Gasteiger partial charge in [0.15, 0.2) is 0 Å². The molecule has 0 aliphatic carbocycles. The van der Waals surface area contributed by atoms with Crippen molar-refractivity contribution in [2.24, 2.45) is 11.5 Å². The van der Waals surface area contributed by atoms with Gasteiger partial charge in [0.1, 0.15) is 0 Å². The second-order valence-corrected chi connectivity index (χ2v) is 3.71. The Labute approximate surface area is 119 Å². The zero-order chi connectivity index (χ0) is 10.1. The molecule has 0 aliphatic rings. The first kappa shape index (κ1) is 17.4. The van der Waals surface area contributed by atoms with Crippen LogP contribution >= 0.6 is 12.2 Å². The quantitative estimate of drug-likeness (QED) is 0.239. The Balaban J connectivity index is 0. The van der Waals surface area contributed by atoms with Crippen LogP contribution in [0.1, 0.15) is 0 Å². The van der Waals surface area contributed by atoms with E-state index in [4.69, 9.17) is 36.3 Å². The molecule has 4 nitrogen and oxygen atoms in total. The van der Waals surface area contributed by atoms with Crippen molar-refractivity contribution in [2.75, 3.05) is 39.3 Å². The van der Waals surface area contributed by atoms with Crippen molar-refractivity contribution >= 4 is 29.2 Å². The van der Waals surface area contributed by atoms with Gasteiger partial charge in [-0.05, 0) is 0 Å². The minimum Gasteiger partial charge on any atom is -0.412 e. The molecule has 0 aromatic rings. The molecule has 0 atom stereocenters. The van der Waals surface area contributed by atoms with E-state index in [1.165, 1.54) is 0 Å². The van der Waals surface area contributed by atoms with Crippen LogP contribution in [0.15, 0.2) is 0 Å². The number of nitrogens with two attached hydrogens (primary N) is 2. The van der Waals surface area contributed by atoms with Crippen LogP contribution < -0.4 is 46.3 Å². The largest absolute Gasteiger partial charge is 1.00 e. The fourth-order valence-electron chi connectivity index (χ4n) is 1.02. The number of hydrogen-bond acceptors (Lipinski definition) is 5. The Morgan fingerprint density at radius 3 is 2.07 bits per heavy atom. The van der Waals surface area contributed by atoms with Crippen LogP contribution in [0.4, 0.5) is 0 Å². The second-order valence-electron chi connectivity index (χ2n) is 2.63. The summed E-state index contributed by atoms with van der Waals surface area (Å²) >= 11 is 9.43. The molecule has 0 saturated heterocycles. The summed E-state index contributed by atoms with van der Waals surface area (Å²) in [5, 5.41) is 2.92. The molecule has 0 radical (unpaired) electrons. The van der Waals surface area contributed by atoms with Crippen LogP contribution in [-0.2, 0) is 12.6 Å². The predicted molar refractivity (Wildman–Crippen MR) is 62.5 cm³/mol. The molecule has 0 amide bonds.